The molecule has 12 N–H and O–H groups in total. The fourth-order valence-corrected chi connectivity index (χ4v) is 12.6. The van der Waals surface area contributed by atoms with E-state index in [1.807, 2.05) is 12.1 Å². The van der Waals surface area contributed by atoms with E-state index >= 15 is 0 Å². The molecule has 0 heterocycles. The number of carbonyl (C=O) groups is 3. The quantitative estimate of drug-likeness (QED) is 0.0687. The topological polar surface area (TPSA) is 386 Å². The summed E-state index contributed by atoms with van der Waals surface area (Å²) in [7, 11) is 4.97. The second-order valence-corrected chi connectivity index (χ2v) is 23.2. The Balaban J connectivity index is 0.000000254. The Hall–Kier alpha value is -7.30. The number of rotatable bonds is 14. The maximum atomic E-state index is 13.2. The third kappa shape index (κ3) is 16.8. The molecule has 0 radical (unpaired) electrons. The molecule has 0 fully saturated rings. The van der Waals surface area contributed by atoms with E-state index in [1.54, 1.807) is 57.2 Å². The molecule has 6 aromatic carbocycles. The summed E-state index contributed by atoms with van der Waals surface area (Å²) in [5.74, 6) is -0.318. The first-order valence-corrected chi connectivity index (χ1v) is 30.1. The monoisotopic (exact) mass is 1310 g/mol. The zero-order valence-corrected chi connectivity index (χ0v) is 56.8. The Bertz CT molecular complexity index is 3930. The number of ether oxygens (including phenoxy) is 4. The van der Waals surface area contributed by atoms with Crippen LogP contribution in [0.3, 0.4) is 0 Å². The molecule has 0 spiro atoms. The van der Waals surface area contributed by atoms with E-state index < -0.39 is 48.3 Å². The predicted molar refractivity (Wildman–Crippen MR) is 343 cm³/mol. The summed E-state index contributed by atoms with van der Waals surface area (Å²) in [5.41, 5.74) is 17.2. The van der Waals surface area contributed by atoms with Gasteiger partial charge in [-0.05, 0) is 213 Å². The molecule has 0 bridgehead atoms. The minimum absolute atomic E-state index is 0. The number of hydrogen-bond acceptors (Lipinski definition) is 21. The van der Waals surface area contributed by atoms with Gasteiger partial charge in [-0.25, -0.2) is 9.69 Å². The van der Waals surface area contributed by atoms with Crippen LogP contribution in [-0.4, -0.2) is 103 Å². The first kappa shape index (κ1) is 77.4. The second-order valence-electron chi connectivity index (χ2n) is 23.2. The van der Waals surface area contributed by atoms with Crippen molar-refractivity contribution in [3.05, 3.63) is 187 Å². The summed E-state index contributed by atoms with van der Waals surface area (Å²) in [5, 5.41) is 101. The third-order valence-corrected chi connectivity index (χ3v) is 16.7. The van der Waals surface area contributed by atoms with Crippen molar-refractivity contribution in [1.29, 1.82) is 0 Å². The van der Waals surface area contributed by atoms with Crippen LogP contribution in [0.5, 0.6) is 17.2 Å². The Morgan fingerprint density at radius 2 is 0.851 bits per heavy atom. The summed E-state index contributed by atoms with van der Waals surface area (Å²) in [4.78, 5) is 76.7. The van der Waals surface area contributed by atoms with Crippen molar-refractivity contribution in [3.8, 4) is 50.6 Å². The van der Waals surface area contributed by atoms with Crippen molar-refractivity contribution in [2.45, 2.75) is 156 Å². The molecular weight excluding hydrogens is 1230 g/mol. The number of nitrogens with zero attached hydrogens (tertiary/aromatic N) is 1. The number of hydrogen-bond donors (Lipinski definition) is 11. The number of aliphatic hydroxyl groups is 9. The van der Waals surface area contributed by atoms with Gasteiger partial charge in [0, 0.05) is 19.9 Å². The van der Waals surface area contributed by atoms with Gasteiger partial charge in [-0.2, -0.15) is 7.11 Å². The summed E-state index contributed by atoms with van der Waals surface area (Å²) in [6.07, 6.45) is 2.17. The van der Waals surface area contributed by atoms with Crippen LogP contribution >= 0.6 is 0 Å². The Kier molecular flexibility index (Phi) is 28.8. The molecule has 3 amide bonds. The molecule has 500 valence electrons. The van der Waals surface area contributed by atoms with Gasteiger partial charge >= 0.3 is 35.7 Å². The molecule has 6 aromatic rings. The van der Waals surface area contributed by atoms with E-state index in [2.05, 4.69) is 5.32 Å². The molecule has 24 heteroatoms. The smallest absolute Gasteiger partial charge is 0.857 e. The number of nitrogens with two attached hydrogens (primary N) is 1. The Labute approximate surface area is 566 Å². The van der Waals surface area contributed by atoms with Gasteiger partial charge in [-0.3, -0.25) is 24.0 Å². The fourth-order valence-electron chi connectivity index (χ4n) is 12.6. The first-order valence-electron chi connectivity index (χ1n) is 30.1. The molecule has 3 aliphatic rings. The molecule has 0 saturated heterocycles. The zero-order chi connectivity index (χ0) is 68.8. The molecule has 3 aliphatic carbocycles. The average Bonchev–Trinajstić information content (AvgIpc) is 1.53. The SMILES string of the molecule is COc1ccc2c(cc1=O)[C@@H](N(C(C)=O)C(=O)OC(C)(C)C)CCc1cc(CO)c(CO)c(CO)c1-2.COc1ccc2c(cc1=O)[C@@H](N)CCc1cc(CO)c(CO)c(CO)c1-2.COc1ccc2c(cc1=O)[C@@H](NC(C)=O)CCc1cc(CO)c(CO)c(CO)c1-2.C[O-].[Na+]. The van der Waals surface area contributed by atoms with Gasteiger partial charge in [0.15, 0.2) is 17.2 Å². The summed E-state index contributed by atoms with van der Waals surface area (Å²) in [6, 6.07) is 18.0. The number of nitrogens with one attached hydrogen (secondary N) is 1. The second kappa shape index (κ2) is 34.9. The number of benzene rings is 3. The maximum Gasteiger partial charge on any atom is 1.00 e. The standard InChI is InChI=1S/C27H33NO8.C22H25NO6.C20H23NO5.CH3O.Na/c1-15(32)28(26(34)36-27(2,3)4)22-8-6-16-10-17(12-29)20(13-30)21(14-31)25(16)18-7-9-24(35-5)23(33)11-19(18)22;1-12(27)23-19-5-3-13-7-14(9-24)17(10-25)18(11-26)22(13)15-4-6-21(29-2)20(28)8-16(15)19;1-26-19-5-3-13-14(7-18(19)25)17(21)4-2-11-6-12(8-22)15(9-23)16(10-24)20(11)13;1-2;/h7,9-11,22,29-31H,6,8,12-14H2,1-5H3;4,6-8,19,24-26H,3,5,9-11H2,1-2H3,(H,23,27);3,5-7,17,22-24H,2,4,8-10,21H2,1H3;1H3;/q;;;-1;+1/t22-;19-;17-;;/m000../s1. The van der Waals surface area contributed by atoms with Crippen molar-refractivity contribution in [2.75, 3.05) is 28.4 Å². The Morgan fingerprint density at radius 3 is 1.19 bits per heavy atom. The van der Waals surface area contributed by atoms with Crippen LogP contribution in [0.4, 0.5) is 4.79 Å². The van der Waals surface area contributed by atoms with E-state index in [0.29, 0.717) is 121 Å². The third-order valence-electron chi connectivity index (χ3n) is 16.7. The number of amides is 3. The molecule has 9 rings (SSSR count). The summed E-state index contributed by atoms with van der Waals surface area (Å²) < 4.78 is 21.1. The van der Waals surface area contributed by atoms with E-state index in [4.69, 9.17) is 29.8 Å². The van der Waals surface area contributed by atoms with Gasteiger partial charge in [0.1, 0.15) is 5.60 Å². The minimum Gasteiger partial charge on any atom is -0.857 e. The molecule has 0 aromatic heterocycles. The average molecular weight is 1310 g/mol. The summed E-state index contributed by atoms with van der Waals surface area (Å²) >= 11 is 0. The molecule has 0 saturated carbocycles. The van der Waals surface area contributed by atoms with E-state index in [0.717, 1.165) is 39.8 Å². The van der Waals surface area contributed by atoms with Crippen molar-refractivity contribution in [3.63, 3.8) is 0 Å². The van der Waals surface area contributed by atoms with E-state index in [1.165, 1.54) is 59.4 Å². The van der Waals surface area contributed by atoms with Gasteiger partial charge in [0.25, 0.3) is 0 Å². The zero-order valence-electron chi connectivity index (χ0n) is 54.8. The van der Waals surface area contributed by atoms with Crippen molar-refractivity contribution < 1.29 is 114 Å². The molecule has 23 nitrogen and oxygen atoms in total. The summed E-state index contributed by atoms with van der Waals surface area (Å²) in [6.45, 7) is 4.83. The van der Waals surface area contributed by atoms with Gasteiger partial charge in [-0.15, -0.1) is 0 Å². The van der Waals surface area contributed by atoms with Gasteiger partial charge < -0.3 is 81.1 Å². The number of methoxy groups -OCH3 is 3. The van der Waals surface area contributed by atoms with Crippen LogP contribution in [0.15, 0.2) is 87.2 Å². The molecule has 94 heavy (non-hydrogen) atoms. The molecule has 0 aliphatic heterocycles. The first-order chi connectivity index (χ1) is 44.5. The van der Waals surface area contributed by atoms with Crippen molar-refractivity contribution in [1.82, 2.24) is 10.2 Å². The number of aryl methyl sites for hydroxylation is 3. The molecule has 0 unspecified atom stereocenters. The van der Waals surface area contributed by atoms with Crippen LogP contribution in [0.2, 0.25) is 0 Å². The number of carbonyl (C=O) groups excluding carboxylic acids is 3. The molecular formula is C70H84N3NaO20. The van der Waals surface area contributed by atoms with Crippen LogP contribution in [0, 0.1) is 0 Å². The van der Waals surface area contributed by atoms with Gasteiger partial charge in [-0.1, -0.05) is 36.4 Å². The van der Waals surface area contributed by atoms with Gasteiger partial charge in [0.2, 0.25) is 28.1 Å². The minimum atomic E-state index is -0.855. The fraction of sp³-hybridized carbons (Fsp3) is 0.400. The van der Waals surface area contributed by atoms with Crippen LogP contribution < -0.4 is 76.2 Å². The van der Waals surface area contributed by atoms with E-state index in [-0.39, 0.29) is 122 Å². The largest absolute Gasteiger partial charge is 1.00 e. The van der Waals surface area contributed by atoms with Crippen LogP contribution in [-0.2, 0) is 93.1 Å². The van der Waals surface area contributed by atoms with Crippen LogP contribution in [0.1, 0.15) is 155 Å². The Morgan fingerprint density at radius 1 is 0.511 bits per heavy atom. The number of aliphatic hydroxyl groups excluding tert-OH is 9. The number of imide groups is 1. The van der Waals surface area contributed by atoms with Crippen LogP contribution in [0.25, 0.3) is 33.4 Å². The molecule has 3 atom stereocenters. The maximum absolute atomic E-state index is 13.2. The normalized spacial score (nSPS) is 14.8. The van der Waals surface area contributed by atoms with E-state index in [9.17, 15) is 74.7 Å². The van der Waals surface area contributed by atoms with Crippen molar-refractivity contribution in [2.24, 2.45) is 5.73 Å². The van der Waals surface area contributed by atoms with Gasteiger partial charge in [0.05, 0.1) is 92.9 Å². The number of fused-ring (bicyclic) bond motifs is 9. The van der Waals surface area contributed by atoms with Crippen molar-refractivity contribution >= 4 is 17.9 Å². The predicted octanol–water partition coefficient (Wildman–Crippen LogP) is 1.42.